The summed E-state index contributed by atoms with van der Waals surface area (Å²) < 4.78 is 0. The van der Waals surface area contributed by atoms with E-state index in [9.17, 15) is 9.59 Å². The van der Waals surface area contributed by atoms with Crippen LogP contribution < -0.4 is 5.32 Å². The molecule has 1 fully saturated rings. The van der Waals surface area contributed by atoms with Crippen molar-refractivity contribution in [1.82, 2.24) is 0 Å². The van der Waals surface area contributed by atoms with E-state index in [2.05, 4.69) is 5.32 Å². The zero-order valence-electron chi connectivity index (χ0n) is 7.86. The first-order valence-electron chi connectivity index (χ1n) is 4.85. The fourth-order valence-corrected chi connectivity index (χ4v) is 2.17. The molecule has 4 heteroatoms. The Hall–Kier alpha value is -1.84. The topological polar surface area (TPSA) is 66.4 Å². The van der Waals surface area contributed by atoms with E-state index in [4.69, 9.17) is 5.11 Å². The predicted octanol–water partition coefficient (Wildman–Crippen LogP) is 1.44. The van der Waals surface area contributed by atoms with Crippen LogP contribution in [0.25, 0.3) is 0 Å². The smallest absolute Gasteiger partial charge is 0.335 e. The highest BCUT2D eigenvalue weighted by molar-refractivity contribution is 6.00. The molecule has 3 rings (SSSR count). The Labute approximate surface area is 85.9 Å². The Kier molecular flexibility index (Phi) is 1.46. The van der Waals surface area contributed by atoms with Gasteiger partial charge in [0, 0.05) is 11.6 Å². The standard InChI is InChI=1S/C11H9NO3/c13-10-8-4-7(8)6-2-1-5(11(14)15)3-9(6)12-10/h1-3,7-8H,4H2,(H,12,13)(H,14,15). The molecule has 1 saturated carbocycles. The molecule has 0 bridgehead atoms. The van der Waals surface area contributed by atoms with Crippen molar-refractivity contribution < 1.29 is 14.7 Å². The summed E-state index contributed by atoms with van der Waals surface area (Å²) in [5, 5.41) is 11.6. The van der Waals surface area contributed by atoms with Crippen molar-refractivity contribution in [2.45, 2.75) is 12.3 Å². The molecule has 4 nitrogen and oxygen atoms in total. The molecule has 1 aromatic carbocycles. The zero-order chi connectivity index (χ0) is 10.6. The van der Waals surface area contributed by atoms with Crippen molar-refractivity contribution in [3.63, 3.8) is 0 Å². The summed E-state index contributed by atoms with van der Waals surface area (Å²) in [6.45, 7) is 0. The average Bonchev–Trinajstić information content (AvgIpc) is 2.97. The highest BCUT2D eigenvalue weighted by Gasteiger charge is 2.48. The van der Waals surface area contributed by atoms with Gasteiger partial charge in [-0.15, -0.1) is 0 Å². The molecule has 2 atom stereocenters. The molecular weight excluding hydrogens is 194 g/mol. The summed E-state index contributed by atoms with van der Waals surface area (Å²) in [5.74, 6) is -0.509. The number of amides is 1. The summed E-state index contributed by atoms with van der Waals surface area (Å²) in [7, 11) is 0. The van der Waals surface area contributed by atoms with Crippen molar-refractivity contribution in [2.75, 3.05) is 5.32 Å². The van der Waals surface area contributed by atoms with Crippen LogP contribution in [0.15, 0.2) is 18.2 Å². The SMILES string of the molecule is O=C(O)c1ccc2c(c1)NC(=O)C1CC21. The summed E-state index contributed by atoms with van der Waals surface area (Å²) in [4.78, 5) is 22.2. The van der Waals surface area contributed by atoms with Crippen molar-refractivity contribution in [2.24, 2.45) is 5.92 Å². The minimum Gasteiger partial charge on any atom is -0.478 e. The lowest BCUT2D eigenvalue weighted by molar-refractivity contribution is -0.117. The van der Waals surface area contributed by atoms with Gasteiger partial charge >= 0.3 is 5.97 Å². The van der Waals surface area contributed by atoms with Gasteiger partial charge in [0.25, 0.3) is 0 Å². The first-order valence-corrected chi connectivity index (χ1v) is 4.85. The number of nitrogens with one attached hydrogen (secondary N) is 1. The second-order valence-corrected chi connectivity index (χ2v) is 4.05. The average molecular weight is 203 g/mol. The molecule has 2 unspecified atom stereocenters. The minimum absolute atomic E-state index is 0.0232. The van der Waals surface area contributed by atoms with Gasteiger partial charge in [0.15, 0.2) is 0 Å². The number of hydrogen-bond donors (Lipinski definition) is 2. The van der Waals surface area contributed by atoms with Gasteiger partial charge in [-0.05, 0) is 30.0 Å². The maximum absolute atomic E-state index is 11.4. The normalized spacial score (nSPS) is 26.3. The Morgan fingerprint density at radius 3 is 2.93 bits per heavy atom. The lowest BCUT2D eigenvalue weighted by atomic mass is 10.0. The maximum atomic E-state index is 11.4. The number of hydrogen-bond acceptors (Lipinski definition) is 2. The van der Waals surface area contributed by atoms with Crippen LogP contribution in [-0.4, -0.2) is 17.0 Å². The van der Waals surface area contributed by atoms with Gasteiger partial charge < -0.3 is 10.4 Å². The summed E-state index contributed by atoms with van der Waals surface area (Å²) in [6.07, 6.45) is 0.894. The monoisotopic (exact) mass is 203 g/mol. The third-order valence-electron chi connectivity index (χ3n) is 3.08. The van der Waals surface area contributed by atoms with Crippen LogP contribution in [0.4, 0.5) is 5.69 Å². The Bertz CT molecular complexity index is 481. The number of rotatable bonds is 1. The highest BCUT2D eigenvalue weighted by atomic mass is 16.4. The predicted molar refractivity (Wildman–Crippen MR) is 52.9 cm³/mol. The van der Waals surface area contributed by atoms with Gasteiger partial charge in [-0.3, -0.25) is 4.79 Å². The van der Waals surface area contributed by atoms with Crippen LogP contribution in [0.5, 0.6) is 0 Å². The molecule has 0 saturated heterocycles. The summed E-state index contributed by atoms with van der Waals surface area (Å²) in [5.41, 5.74) is 1.96. The minimum atomic E-state index is -0.968. The summed E-state index contributed by atoms with van der Waals surface area (Å²) in [6, 6.07) is 4.93. The van der Waals surface area contributed by atoms with Crippen LogP contribution in [0.2, 0.25) is 0 Å². The molecule has 1 aliphatic carbocycles. The van der Waals surface area contributed by atoms with E-state index in [0.717, 1.165) is 12.0 Å². The van der Waals surface area contributed by atoms with Crippen molar-refractivity contribution in [1.29, 1.82) is 0 Å². The van der Waals surface area contributed by atoms with E-state index in [1.807, 2.05) is 6.07 Å². The third kappa shape index (κ3) is 1.14. The van der Waals surface area contributed by atoms with Gasteiger partial charge in [0.1, 0.15) is 0 Å². The van der Waals surface area contributed by atoms with Gasteiger partial charge in [-0.25, -0.2) is 4.79 Å². The van der Waals surface area contributed by atoms with Crippen LogP contribution in [-0.2, 0) is 4.79 Å². The van der Waals surface area contributed by atoms with Crippen LogP contribution in [0.1, 0.15) is 28.3 Å². The number of carboxylic acids is 1. The molecule has 15 heavy (non-hydrogen) atoms. The zero-order valence-corrected chi connectivity index (χ0v) is 7.86. The van der Waals surface area contributed by atoms with Crippen molar-refractivity contribution in [3.05, 3.63) is 29.3 Å². The van der Waals surface area contributed by atoms with Crippen LogP contribution >= 0.6 is 0 Å². The second-order valence-electron chi connectivity index (χ2n) is 4.05. The van der Waals surface area contributed by atoms with Gasteiger partial charge in [0.2, 0.25) is 5.91 Å². The first-order chi connectivity index (χ1) is 7.16. The number of carboxylic acid groups (broad SMARTS) is 1. The quantitative estimate of drug-likeness (QED) is 0.725. The van der Waals surface area contributed by atoms with E-state index in [1.54, 1.807) is 6.07 Å². The molecule has 1 aliphatic heterocycles. The lowest BCUT2D eigenvalue weighted by Crippen LogP contribution is -2.20. The van der Waals surface area contributed by atoms with Gasteiger partial charge in [-0.1, -0.05) is 6.07 Å². The van der Waals surface area contributed by atoms with E-state index >= 15 is 0 Å². The molecule has 2 N–H and O–H groups in total. The molecular formula is C11H9NO3. The third-order valence-corrected chi connectivity index (χ3v) is 3.08. The molecule has 1 aromatic rings. The number of carbonyl (C=O) groups excluding carboxylic acids is 1. The van der Waals surface area contributed by atoms with Crippen LogP contribution in [0.3, 0.4) is 0 Å². The van der Waals surface area contributed by atoms with Gasteiger partial charge in [-0.2, -0.15) is 0 Å². The van der Waals surface area contributed by atoms with E-state index in [0.29, 0.717) is 11.6 Å². The van der Waals surface area contributed by atoms with E-state index in [-0.39, 0.29) is 17.4 Å². The summed E-state index contributed by atoms with van der Waals surface area (Å²) >= 11 is 0. The fourth-order valence-electron chi connectivity index (χ4n) is 2.17. The molecule has 0 aromatic heterocycles. The van der Waals surface area contributed by atoms with Crippen molar-refractivity contribution >= 4 is 17.6 Å². The number of anilines is 1. The molecule has 2 aliphatic rings. The van der Waals surface area contributed by atoms with E-state index < -0.39 is 5.97 Å². The molecule has 76 valence electrons. The number of benzene rings is 1. The van der Waals surface area contributed by atoms with Crippen molar-refractivity contribution in [3.8, 4) is 0 Å². The maximum Gasteiger partial charge on any atom is 0.335 e. The second kappa shape index (κ2) is 2.59. The Balaban J connectivity index is 2.09. The lowest BCUT2D eigenvalue weighted by Gasteiger charge is -2.16. The fraction of sp³-hybridized carbons (Fsp3) is 0.273. The molecule has 1 amide bonds. The number of carbonyl (C=O) groups is 2. The largest absolute Gasteiger partial charge is 0.478 e. The van der Waals surface area contributed by atoms with E-state index in [1.165, 1.54) is 6.07 Å². The molecule has 0 radical (unpaired) electrons. The Morgan fingerprint density at radius 1 is 1.40 bits per heavy atom. The first kappa shape index (κ1) is 8.47. The number of aromatic carboxylic acids is 1. The molecule has 0 spiro atoms. The Morgan fingerprint density at radius 2 is 2.20 bits per heavy atom. The van der Waals surface area contributed by atoms with Gasteiger partial charge in [0.05, 0.1) is 5.56 Å². The highest BCUT2D eigenvalue weighted by Crippen LogP contribution is 2.53. The molecule has 1 heterocycles. The number of fused-ring (bicyclic) bond motifs is 3. The van der Waals surface area contributed by atoms with Crippen LogP contribution in [0, 0.1) is 5.92 Å².